The lowest BCUT2D eigenvalue weighted by Crippen LogP contribution is -2.54. The number of carboxylic acid groups (broad SMARTS) is 1. The fourth-order valence-electron chi connectivity index (χ4n) is 4.02. The van der Waals surface area contributed by atoms with Gasteiger partial charge in [0.15, 0.2) is 0 Å². The normalized spacial score (nSPS) is 12.8. The van der Waals surface area contributed by atoms with Crippen molar-refractivity contribution >= 4 is 17.8 Å². The lowest BCUT2D eigenvalue weighted by molar-refractivity contribution is -0.141. The summed E-state index contributed by atoms with van der Waals surface area (Å²) in [4.78, 5) is 37.4. The summed E-state index contributed by atoms with van der Waals surface area (Å²) in [6.45, 7) is 5.49. The number of nitrogens with zero attached hydrogens (tertiary/aromatic N) is 2. The molecule has 0 saturated heterocycles. The molecule has 186 valence electrons. The minimum Gasteiger partial charge on any atom is -0.481 e. The Balaban J connectivity index is 1.92. The predicted molar refractivity (Wildman–Crippen MR) is 137 cm³/mol. The van der Waals surface area contributed by atoms with Gasteiger partial charge in [0.1, 0.15) is 12.1 Å². The fraction of sp³-hybridized carbons (Fsp3) is 0.286. The molecule has 2 amide bonds. The summed E-state index contributed by atoms with van der Waals surface area (Å²) in [5.74, 6) is -2.03. The molecule has 2 atom stereocenters. The van der Waals surface area contributed by atoms with Crippen LogP contribution in [0, 0.1) is 16.7 Å². The summed E-state index contributed by atoms with van der Waals surface area (Å²) in [5, 5.41) is 23.9. The van der Waals surface area contributed by atoms with Gasteiger partial charge in [-0.3, -0.25) is 14.4 Å². The number of carbonyl (C=O) groups is 3. The zero-order valence-corrected chi connectivity index (χ0v) is 20.8. The van der Waals surface area contributed by atoms with E-state index in [4.69, 9.17) is 5.26 Å². The van der Waals surface area contributed by atoms with Crippen LogP contribution in [0.25, 0.3) is 22.4 Å². The Bertz CT molecular complexity index is 1280. The summed E-state index contributed by atoms with van der Waals surface area (Å²) < 4.78 is 1.63. The van der Waals surface area contributed by atoms with E-state index in [9.17, 15) is 19.5 Å². The second-order valence-corrected chi connectivity index (χ2v) is 9.60. The molecule has 2 aromatic carbocycles. The number of amides is 2. The van der Waals surface area contributed by atoms with Gasteiger partial charge in [-0.2, -0.15) is 5.26 Å². The van der Waals surface area contributed by atoms with Crippen molar-refractivity contribution in [2.75, 3.05) is 7.05 Å². The molecule has 2 unspecified atom stereocenters. The van der Waals surface area contributed by atoms with Crippen molar-refractivity contribution in [2.45, 2.75) is 39.3 Å². The average molecular weight is 487 g/mol. The maximum absolute atomic E-state index is 13.3. The van der Waals surface area contributed by atoms with E-state index in [1.165, 1.54) is 7.05 Å². The minimum absolute atomic E-state index is 0.351. The Labute approximate surface area is 210 Å². The molecule has 1 aromatic heterocycles. The molecule has 0 fully saturated rings. The molecular formula is C28H30N4O4. The van der Waals surface area contributed by atoms with E-state index in [0.29, 0.717) is 11.3 Å². The van der Waals surface area contributed by atoms with Crippen LogP contribution in [0.1, 0.15) is 38.8 Å². The second-order valence-electron chi connectivity index (χ2n) is 9.60. The van der Waals surface area contributed by atoms with Gasteiger partial charge >= 0.3 is 5.97 Å². The Hall–Kier alpha value is -4.38. The molecule has 0 aliphatic carbocycles. The molecule has 0 spiro atoms. The summed E-state index contributed by atoms with van der Waals surface area (Å²) in [5.41, 5.74) is 3.40. The number of nitriles is 1. The average Bonchev–Trinajstić information content (AvgIpc) is 3.34. The first-order valence-electron chi connectivity index (χ1n) is 11.6. The quantitative estimate of drug-likeness (QED) is 0.444. The molecule has 0 radical (unpaired) electrons. The standard InChI is InChI=1S/C28H30N4O4/c1-28(2,3)25(27(36)30-4)31-26(35)23(16-24(33)34)32-15-5-6-22(32)21-13-11-20(12-14-21)19-9-7-18(17-29)8-10-19/h5-15,23,25H,16H2,1-4H3,(H,30,36)(H,31,35)(H,33,34). The Morgan fingerprint density at radius 1 is 0.944 bits per heavy atom. The first-order chi connectivity index (χ1) is 17.0. The van der Waals surface area contributed by atoms with Crippen LogP contribution in [0.5, 0.6) is 0 Å². The predicted octanol–water partition coefficient (Wildman–Crippen LogP) is 3.99. The van der Waals surface area contributed by atoms with E-state index >= 15 is 0 Å². The number of rotatable bonds is 8. The summed E-state index contributed by atoms with van der Waals surface area (Å²) in [7, 11) is 1.49. The molecule has 8 heteroatoms. The van der Waals surface area contributed by atoms with Gasteiger partial charge in [0.05, 0.1) is 18.1 Å². The Morgan fingerprint density at radius 3 is 2.00 bits per heavy atom. The number of carboxylic acids is 1. The number of nitrogens with one attached hydrogen (secondary N) is 2. The number of hydrogen-bond acceptors (Lipinski definition) is 4. The molecule has 3 N–H and O–H groups in total. The van der Waals surface area contributed by atoms with E-state index in [0.717, 1.165) is 16.7 Å². The first-order valence-corrected chi connectivity index (χ1v) is 11.6. The minimum atomic E-state index is -1.13. The Kier molecular flexibility index (Phi) is 7.95. The van der Waals surface area contributed by atoms with Gasteiger partial charge in [0.2, 0.25) is 11.8 Å². The number of benzene rings is 2. The van der Waals surface area contributed by atoms with Gasteiger partial charge in [-0.05, 0) is 46.4 Å². The molecule has 3 rings (SSSR count). The highest BCUT2D eigenvalue weighted by Crippen LogP contribution is 2.29. The van der Waals surface area contributed by atoms with Crippen LogP contribution in [0.15, 0.2) is 66.9 Å². The summed E-state index contributed by atoms with van der Waals surface area (Å²) in [6.07, 6.45) is 1.23. The number of aliphatic carboxylic acids is 1. The third-order valence-electron chi connectivity index (χ3n) is 5.97. The number of aromatic nitrogens is 1. The van der Waals surface area contributed by atoms with Crippen LogP contribution in [0.4, 0.5) is 0 Å². The molecule has 0 saturated carbocycles. The molecular weight excluding hydrogens is 456 g/mol. The van der Waals surface area contributed by atoms with Gasteiger partial charge < -0.3 is 20.3 Å². The summed E-state index contributed by atoms with van der Waals surface area (Å²) in [6, 6.07) is 18.7. The van der Waals surface area contributed by atoms with Crippen molar-refractivity contribution in [3.05, 3.63) is 72.4 Å². The van der Waals surface area contributed by atoms with Crippen LogP contribution in [0.2, 0.25) is 0 Å². The topological polar surface area (TPSA) is 124 Å². The summed E-state index contributed by atoms with van der Waals surface area (Å²) >= 11 is 0. The largest absolute Gasteiger partial charge is 0.481 e. The highest BCUT2D eigenvalue weighted by Gasteiger charge is 2.35. The number of likely N-dealkylation sites (N-methyl/N-ethyl adjacent to an activating group) is 1. The monoisotopic (exact) mass is 486 g/mol. The fourth-order valence-corrected chi connectivity index (χ4v) is 4.02. The smallest absolute Gasteiger partial charge is 0.306 e. The van der Waals surface area contributed by atoms with Crippen LogP contribution in [-0.2, 0) is 14.4 Å². The molecule has 36 heavy (non-hydrogen) atoms. The van der Waals surface area contributed by atoms with Crippen molar-refractivity contribution in [2.24, 2.45) is 5.41 Å². The van der Waals surface area contributed by atoms with Gasteiger partial charge in [0.25, 0.3) is 0 Å². The second kappa shape index (κ2) is 10.9. The van der Waals surface area contributed by atoms with Crippen molar-refractivity contribution in [1.82, 2.24) is 15.2 Å². The highest BCUT2D eigenvalue weighted by atomic mass is 16.4. The third-order valence-corrected chi connectivity index (χ3v) is 5.97. The van der Waals surface area contributed by atoms with Crippen molar-refractivity contribution < 1.29 is 19.5 Å². The lowest BCUT2D eigenvalue weighted by Gasteiger charge is -2.31. The Morgan fingerprint density at radius 2 is 1.50 bits per heavy atom. The van der Waals surface area contributed by atoms with Crippen molar-refractivity contribution in [1.29, 1.82) is 5.26 Å². The van der Waals surface area contributed by atoms with Crippen molar-refractivity contribution in [3.8, 4) is 28.5 Å². The molecule has 8 nitrogen and oxygen atoms in total. The maximum Gasteiger partial charge on any atom is 0.306 e. The molecule has 0 aliphatic heterocycles. The molecule has 1 heterocycles. The van der Waals surface area contributed by atoms with E-state index in [2.05, 4.69) is 16.7 Å². The van der Waals surface area contributed by atoms with Gasteiger partial charge in [-0.25, -0.2) is 0 Å². The zero-order valence-electron chi connectivity index (χ0n) is 20.8. The van der Waals surface area contributed by atoms with Gasteiger partial charge in [-0.15, -0.1) is 0 Å². The zero-order chi connectivity index (χ0) is 26.5. The molecule has 0 aliphatic rings. The van der Waals surface area contributed by atoms with E-state index < -0.39 is 35.8 Å². The van der Waals surface area contributed by atoms with E-state index in [1.807, 2.05) is 63.2 Å². The van der Waals surface area contributed by atoms with Gasteiger partial charge in [-0.1, -0.05) is 57.2 Å². The van der Waals surface area contributed by atoms with Crippen LogP contribution >= 0.6 is 0 Å². The van der Waals surface area contributed by atoms with E-state index in [1.54, 1.807) is 29.0 Å². The van der Waals surface area contributed by atoms with E-state index in [-0.39, 0.29) is 5.91 Å². The first kappa shape index (κ1) is 26.2. The van der Waals surface area contributed by atoms with Crippen LogP contribution in [-0.4, -0.2) is 40.5 Å². The van der Waals surface area contributed by atoms with Crippen LogP contribution in [0.3, 0.4) is 0 Å². The lowest BCUT2D eigenvalue weighted by atomic mass is 9.86. The van der Waals surface area contributed by atoms with Gasteiger partial charge in [0, 0.05) is 18.9 Å². The van der Waals surface area contributed by atoms with Crippen molar-refractivity contribution in [3.63, 3.8) is 0 Å². The van der Waals surface area contributed by atoms with Crippen LogP contribution < -0.4 is 10.6 Å². The molecule has 3 aromatic rings. The highest BCUT2D eigenvalue weighted by molar-refractivity contribution is 5.91. The maximum atomic E-state index is 13.3. The number of carbonyl (C=O) groups excluding carboxylic acids is 2. The number of hydrogen-bond donors (Lipinski definition) is 3. The third kappa shape index (κ3) is 5.99. The molecule has 0 bridgehead atoms. The SMILES string of the molecule is CNC(=O)C(NC(=O)C(CC(=O)O)n1cccc1-c1ccc(-c2ccc(C#N)cc2)cc1)C(C)(C)C.